The topological polar surface area (TPSA) is 108 Å². The summed E-state index contributed by atoms with van der Waals surface area (Å²) in [6.45, 7) is 6.67. The maximum Gasteiger partial charge on any atom is 0.338 e. The van der Waals surface area contributed by atoms with Crippen molar-refractivity contribution in [3.63, 3.8) is 0 Å². The number of nitrogens with one attached hydrogen (secondary N) is 1. The average molecular weight is 421 g/mol. The molecule has 0 bridgehead atoms. The Labute approximate surface area is 172 Å². The largest absolute Gasteiger partial charge is 0.462 e. The second-order valence-electron chi connectivity index (χ2n) is 7.08. The molecule has 0 amide bonds. The first-order valence-electron chi connectivity index (χ1n) is 9.57. The predicted molar refractivity (Wildman–Crippen MR) is 113 cm³/mol. The van der Waals surface area contributed by atoms with Gasteiger partial charge in [-0.1, -0.05) is 45.4 Å². The third-order valence-electron chi connectivity index (χ3n) is 3.95. The Morgan fingerprint density at radius 1 is 1.17 bits per heavy atom. The van der Waals surface area contributed by atoms with Gasteiger partial charge in [0.05, 0.1) is 17.9 Å². The minimum absolute atomic E-state index is 0.0511. The quantitative estimate of drug-likeness (QED) is 0.442. The normalized spacial score (nSPS) is 11.3. The minimum Gasteiger partial charge on any atom is -0.462 e. The Hall–Kier alpha value is -2.58. The number of sulfonamides is 1. The van der Waals surface area contributed by atoms with Crippen molar-refractivity contribution in [2.75, 3.05) is 18.5 Å². The molecule has 0 spiro atoms. The van der Waals surface area contributed by atoms with Crippen LogP contribution in [0.4, 0.5) is 5.69 Å². The Morgan fingerprint density at radius 3 is 2.45 bits per heavy atom. The van der Waals surface area contributed by atoms with Gasteiger partial charge in [0, 0.05) is 6.54 Å². The molecular formula is C21H28N2O5S. The van der Waals surface area contributed by atoms with Gasteiger partial charge in [-0.2, -0.15) is 0 Å². The summed E-state index contributed by atoms with van der Waals surface area (Å²) in [7, 11) is -4.17. The lowest BCUT2D eigenvalue weighted by atomic mass is 10.1. The zero-order valence-electron chi connectivity index (χ0n) is 17.0. The fraction of sp³-hybridized carbons (Fsp3) is 0.381. The van der Waals surface area contributed by atoms with Crippen LogP contribution < -0.4 is 15.2 Å². The van der Waals surface area contributed by atoms with Gasteiger partial charge in [-0.3, -0.25) is 0 Å². The number of esters is 1. The number of hydrogen-bond donors (Lipinski definition) is 2. The van der Waals surface area contributed by atoms with Gasteiger partial charge in [0.25, 0.3) is 0 Å². The summed E-state index contributed by atoms with van der Waals surface area (Å²) < 4.78 is 35.7. The number of carbonyl (C=O) groups excluding carboxylic acids is 1. The van der Waals surface area contributed by atoms with Gasteiger partial charge in [-0.25, -0.2) is 18.4 Å². The molecule has 7 nitrogen and oxygen atoms in total. The highest BCUT2D eigenvalue weighted by atomic mass is 32.2. The molecule has 2 rings (SSSR count). The first kappa shape index (κ1) is 22.7. The van der Waals surface area contributed by atoms with E-state index >= 15 is 0 Å². The van der Waals surface area contributed by atoms with E-state index in [0.717, 1.165) is 12.8 Å². The number of anilines is 1. The van der Waals surface area contributed by atoms with E-state index in [9.17, 15) is 13.2 Å². The number of ether oxygens (including phenoxy) is 2. The van der Waals surface area contributed by atoms with Crippen LogP contribution in [-0.4, -0.2) is 27.5 Å². The lowest BCUT2D eigenvalue weighted by molar-refractivity contribution is 0.0458. The molecule has 0 heterocycles. The van der Waals surface area contributed by atoms with Gasteiger partial charge >= 0.3 is 5.97 Å². The fourth-order valence-electron chi connectivity index (χ4n) is 2.50. The molecule has 0 saturated carbocycles. The molecule has 0 fully saturated rings. The standard InChI is InChI=1S/C21H28N2O5S/c1-4-5-11-23-18-12-16(21(24)27-14-15(2)3)13-19(29(22,25)26)20(18)28-17-9-7-6-8-10-17/h6-10,12-13,15,23H,4-5,11,14H2,1-3H3,(H2,22,25,26). The monoisotopic (exact) mass is 420 g/mol. The molecule has 3 N–H and O–H groups in total. The van der Waals surface area contributed by atoms with E-state index in [1.165, 1.54) is 12.1 Å². The van der Waals surface area contributed by atoms with Crippen LogP contribution in [0.15, 0.2) is 47.4 Å². The number of unbranched alkanes of at least 4 members (excludes halogenated alkanes) is 1. The zero-order chi connectivity index (χ0) is 21.4. The molecule has 0 aromatic heterocycles. The van der Waals surface area contributed by atoms with Crippen molar-refractivity contribution in [3.05, 3.63) is 48.0 Å². The number of hydrogen-bond acceptors (Lipinski definition) is 6. The van der Waals surface area contributed by atoms with Crippen molar-refractivity contribution in [1.82, 2.24) is 0 Å². The van der Waals surface area contributed by atoms with Gasteiger partial charge in [0.15, 0.2) is 5.75 Å². The van der Waals surface area contributed by atoms with Gasteiger partial charge < -0.3 is 14.8 Å². The highest BCUT2D eigenvalue weighted by molar-refractivity contribution is 7.89. The predicted octanol–water partition coefficient (Wildman–Crippen LogP) is 4.15. The van der Waals surface area contributed by atoms with E-state index in [1.807, 2.05) is 26.8 Å². The second kappa shape index (κ2) is 10.3. The van der Waals surface area contributed by atoms with Crippen LogP contribution in [0, 0.1) is 5.92 Å². The molecule has 0 radical (unpaired) electrons. The minimum atomic E-state index is -4.17. The number of benzene rings is 2. The van der Waals surface area contributed by atoms with Crippen LogP contribution in [0.5, 0.6) is 11.5 Å². The van der Waals surface area contributed by atoms with E-state index in [2.05, 4.69) is 5.32 Å². The number of carbonyl (C=O) groups is 1. The Balaban J connectivity index is 2.53. The number of nitrogens with two attached hydrogens (primary N) is 1. The van der Waals surface area contributed by atoms with E-state index < -0.39 is 16.0 Å². The SMILES string of the molecule is CCCCNc1cc(C(=O)OCC(C)C)cc(S(N)(=O)=O)c1Oc1ccccc1. The van der Waals surface area contributed by atoms with Crippen LogP contribution in [0.1, 0.15) is 44.0 Å². The zero-order valence-corrected chi connectivity index (χ0v) is 17.8. The Morgan fingerprint density at radius 2 is 1.86 bits per heavy atom. The Kier molecular flexibility index (Phi) is 8.04. The van der Waals surface area contributed by atoms with Crippen LogP contribution in [-0.2, 0) is 14.8 Å². The van der Waals surface area contributed by atoms with Crippen molar-refractivity contribution in [1.29, 1.82) is 0 Å². The molecule has 0 unspecified atom stereocenters. The summed E-state index contributed by atoms with van der Waals surface area (Å²) in [6.07, 6.45) is 1.80. The molecule has 0 saturated heterocycles. The van der Waals surface area contributed by atoms with Crippen LogP contribution in [0.3, 0.4) is 0 Å². The van der Waals surface area contributed by atoms with Gasteiger partial charge in [-0.15, -0.1) is 0 Å². The van der Waals surface area contributed by atoms with Crippen molar-refractivity contribution in [3.8, 4) is 11.5 Å². The summed E-state index contributed by atoms with van der Waals surface area (Å²) in [5.41, 5.74) is 0.458. The van der Waals surface area contributed by atoms with Crippen molar-refractivity contribution < 1.29 is 22.7 Å². The van der Waals surface area contributed by atoms with E-state index in [0.29, 0.717) is 18.0 Å². The highest BCUT2D eigenvalue weighted by Crippen LogP contribution is 2.37. The lowest BCUT2D eigenvalue weighted by Crippen LogP contribution is -2.17. The third kappa shape index (κ3) is 6.76. The molecule has 0 atom stereocenters. The summed E-state index contributed by atoms with van der Waals surface area (Å²) in [4.78, 5) is 12.2. The molecular weight excluding hydrogens is 392 g/mol. The van der Waals surface area contributed by atoms with Crippen molar-refractivity contribution in [2.45, 2.75) is 38.5 Å². The maximum atomic E-state index is 12.5. The molecule has 158 valence electrons. The smallest absolute Gasteiger partial charge is 0.338 e. The maximum absolute atomic E-state index is 12.5. The van der Waals surface area contributed by atoms with E-state index in [4.69, 9.17) is 14.6 Å². The van der Waals surface area contributed by atoms with Crippen LogP contribution in [0.25, 0.3) is 0 Å². The Bertz CT molecular complexity index is 928. The fourth-order valence-corrected chi connectivity index (χ4v) is 3.20. The number of rotatable bonds is 10. The molecule has 2 aromatic carbocycles. The summed E-state index contributed by atoms with van der Waals surface area (Å²) in [5, 5.41) is 8.59. The molecule has 0 aliphatic heterocycles. The van der Waals surface area contributed by atoms with Crippen molar-refractivity contribution >= 4 is 21.7 Å². The summed E-state index contributed by atoms with van der Waals surface area (Å²) in [6, 6.07) is 11.5. The van der Waals surface area contributed by atoms with E-state index in [1.54, 1.807) is 24.3 Å². The first-order valence-corrected chi connectivity index (χ1v) is 11.1. The molecule has 0 aliphatic carbocycles. The van der Waals surface area contributed by atoms with Gasteiger partial charge in [-0.05, 0) is 36.6 Å². The lowest BCUT2D eigenvalue weighted by Gasteiger charge is -2.18. The van der Waals surface area contributed by atoms with E-state index in [-0.39, 0.29) is 28.7 Å². The molecule has 29 heavy (non-hydrogen) atoms. The summed E-state index contributed by atoms with van der Waals surface area (Å²) in [5.74, 6) is 0.0363. The van der Waals surface area contributed by atoms with Crippen LogP contribution in [0.2, 0.25) is 0 Å². The van der Waals surface area contributed by atoms with Gasteiger partial charge in [0.2, 0.25) is 10.0 Å². The van der Waals surface area contributed by atoms with Crippen molar-refractivity contribution in [2.24, 2.45) is 11.1 Å². The summed E-state index contributed by atoms with van der Waals surface area (Å²) >= 11 is 0. The van der Waals surface area contributed by atoms with Crippen LogP contribution >= 0.6 is 0 Å². The third-order valence-corrected chi connectivity index (χ3v) is 4.87. The highest BCUT2D eigenvalue weighted by Gasteiger charge is 2.24. The molecule has 0 aliphatic rings. The molecule has 8 heteroatoms. The number of primary sulfonamides is 1. The number of para-hydroxylation sites is 1. The second-order valence-corrected chi connectivity index (χ2v) is 8.61. The van der Waals surface area contributed by atoms with Gasteiger partial charge in [0.1, 0.15) is 10.6 Å². The first-order chi connectivity index (χ1) is 13.7. The average Bonchev–Trinajstić information content (AvgIpc) is 2.67. The molecule has 2 aromatic rings.